The minimum absolute atomic E-state index is 0.590. The molecule has 2 rings (SSSR count). The fraction of sp³-hybridized carbons (Fsp3) is 0.467. The van der Waals surface area contributed by atoms with Crippen LogP contribution in [-0.4, -0.2) is 55.6 Å². The number of methoxy groups -OCH3 is 2. The Morgan fingerprint density at radius 2 is 1.71 bits per heavy atom. The highest BCUT2D eigenvalue weighted by atomic mass is 16.5. The predicted octanol–water partition coefficient (Wildman–Crippen LogP) is 1.83. The average molecular weight is 291 g/mol. The smallest absolute Gasteiger partial charge is 0.241 e. The third kappa shape index (κ3) is 4.93. The Morgan fingerprint density at radius 3 is 2.33 bits per heavy atom. The summed E-state index contributed by atoms with van der Waals surface area (Å²) in [6, 6.07) is 9.79. The normalized spacial score (nSPS) is 11.2. The van der Waals surface area contributed by atoms with Crippen molar-refractivity contribution in [1.29, 1.82) is 0 Å². The zero-order valence-electron chi connectivity index (χ0n) is 12.5. The van der Waals surface area contributed by atoms with E-state index in [1.807, 2.05) is 30.3 Å². The molecular weight excluding hydrogens is 270 g/mol. The van der Waals surface area contributed by atoms with Gasteiger partial charge in [0.25, 0.3) is 0 Å². The van der Waals surface area contributed by atoms with E-state index in [2.05, 4.69) is 15.0 Å². The largest absolute Gasteiger partial charge is 0.383 e. The van der Waals surface area contributed by atoms with Crippen LogP contribution in [0.4, 0.5) is 0 Å². The maximum atomic E-state index is 5.33. The zero-order valence-corrected chi connectivity index (χ0v) is 12.5. The number of hydrogen-bond acceptors (Lipinski definition) is 6. The molecule has 1 aromatic carbocycles. The van der Waals surface area contributed by atoms with E-state index in [1.165, 1.54) is 0 Å². The minimum atomic E-state index is 0.590. The summed E-state index contributed by atoms with van der Waals surface area (Å²) in [5, 5.41) is 4.02. The monoisotopic (exact) mass is 291 g/mol. The van der Waals surface area contributed by atoms with Crippen LogP contribution in [0.15, 0.2) is 34.9 Å². The molecule has 6 nitrogen and oxygen atoms in total. The van der Waals surface area contributed by atoms with Gasteiger partial charge < -0.3 is 14.0 Å². The molecule has 0 unspecified atom stereocenters. The molecule has 21 heavy (non-hydrogen) atoms. The molecule has 0 amide bonds. The highest BCUT2D eigenvalue weighted by Gasteiger charge is 2.12. The van der Waals surface area contributed by atoms with Crippen molar-refractivity contribution in [2.24, 2.45) is 0 Å². The highest BCUT2D eigenvalue weighted by Crippen LogP contribution is 2.15. The van der Waals surface area contributed by atoms with E-state index in [-0.39, 0.29) is 0 Å². The summed E-state index contributed by atoms with van der Waals surface area (Å²) < 4.78 is 15.6. The number of aromatic nitrogens is 2. The molecule has 0 N–H and O–H groups in total. The lowest BCUT2D eigenvalue weighted by Gasteiger charge is -2.19. The third-order valence-corrected chi connectivity index (χ3v) is 3.08. The molecule has 0 bridgehead atoms. The Labute approximate surface area is 124 Å². The average Bonchev–Trinajstić information content (AvgIpc) is 2.99. The van der Waals surface area contributed by atoms with Gasteiger partial charge >= 0.3 is 0 Å². The van der Waals surface area contributed by atoms with Crippen LogP contribution in [0.2, 0.25) is 0 Å². The van der Waals surface area contributed by atoms with E-state index in [9.17, 15) is 0 Å². The lowest BCUT2D eigenvalue weighted by Crippen LogP contribution is -2.30. The van der Waals surface area contributed by atoms with Gasteiger partial charge in [-0.1, -0.05) is 35.5 Å². The Morgan fingerprint density at radius 1 is 1.05 bits per heavy atom. The Hall–Kier alpha value is -1.76. The van der Waals surface area contributed by atoms with Crippen molar-refractivity contribution in [2.45, 2.75) is 6.54 Å². The highest BCUT2D eigenvalue weighted by molar-refractivity contribution is 5.53. The maximum Gasteiger partial charge on any atom is 0.241 e. The summed E-state index contributed by atoms with van der Waals surface area (Å²) in [5.41, 5.74) is 0.952. The summed E-state index contributed by atoms with van der Waals surface area (Å²) in [6.07, 6.45) is 0. The first-order valence-electron chi connectivity index (χ1n) is 6.91. The molecule has 0 spiro atoms. The summed E-state index contributed by atoms with van der Waals surface area (Å²) in [6.45, 7) is 3.49. The SMILES string of the molecule is COCCN(CCOC)Cc1nc(-c2ccccc2)no1. The Bertz CT molecular complexity index is 508. The second-order valence-corrected chi connectivity index (χ2v) is 4.64. The van der Waals surface area contributed by atoms with Gasteiger partial charge in [-0.3, -0.25) is 4.90 Å². The van der Waals surface area contributed by atoms with Crippen molar-refractivity contribution < 1.29 is 14.0 Å². The molecule has 0 aliphatic carbocycles. The van der Waals surface area contributed by atoms with Crippen molar-refractivity contribution in [2.75, 3.05) is 40.5 Å². The molecular formula is C15H21N3O3. The van der Waals surface area contributed by atoms with Crippen LogP contribution in [0.3, 0.4) is 0 Å². The number of benzene rings is 1. The van der Waals surface area contributed by atoms with Crippen LogP contribution in [0.25, 0.3) is 11.4 Å². The molecule has 0 atom stereocenters. The van der Waals surface area contributed by atoms with E-state index in [0.717, 1.165) is 18.7 Å². The summed E-state index contributed by atoms with van der Waals surface area (Å²) >= 11 is 0. The minimum Gasteiger partial charge on any atom is -0.383 e. The second kappa shape index (κ2) is 8.51. The molecule has 2 aromatic rings. The molecule has 1 aromatic heterocycles. The molecule has 0 aliphatic rings. The van der Waals surface area contributed by atoms with Crippen molar-refractivity contribution in [3.05, 3.63) is 36.2 Å². The fourth-order valence-corrected chi connectivity index (χ4v) is 1.93. The van der Waals surface area contributed by atoms with Gasteiger partial charge in [0.2, 0.25) is 11.7 Å². The second-order valence-electron chi connectivity index (χ2n) is 4.64. The van der Waals surface area contributed by atoms with Gasteiger partial charge in [0.05, 0.1) is 19.8 Å². The first kappa shape index (κ1) is 15.6. The number of nitrogens with zero attached hydrogens (tertiary/aromatic N) is 3. The Kier molecular flexibility index (Phi) is 6.33. The summed E-state index contributed by atoms with van der Waals surface area (Å²) in [5.74, 6) is 1.21. The van der Waals surface area contributed by atoms with Crippen LogP contribution >= 0.6 is 0 Å². The van der Waals surface area contributed by atoms with E-state index in [0.29, 0.717) is 31.5 Å². The summed E-state index contributed by atoms with van der Waals surface area (Å²) in [7, 11) is 3.38. The lowest BCUT2D eigenvalue weighted by molar-refractivity contribution is 0.103. The van der Waals surface area contributed by atoms with Crippen LogP contribution in [0.1, 0.15) is 5.89 Å². The molecule has 0 aliphatic heterocycles. The van der Waals surface area contributed by atoms with E-state index in [1.54, 1.807) is 14.2 Å². The van der Waals surface area contributed by atoms with Crippen LogP contribution in [0.5, 0.6) is 0 Å². The van der Waals surface area contributed by atoms with Crippen molar-refractivity contribution in [3.63, 3.8) is 0 Å². The molecule has 0 radical (unpaired) electrons. The van der Waals surface area contributed by atoms with Gasteiger partial charge in [-0.25, -0.2) is 0 Å². The standard InChI is InChI=1S/C15H21N3O3/c1-19-10-8-18(9-11-20-2)12-14-16-15(17-21-14)13-6-4-3-5-7-13/h3-7H,8-12H2,1-2H3. The zero-order chi connectivity index (χ0) is 14.9. The van der Waals surface area contributed by atoms with Gasteiger partial charge in [0.15, 0.2) is 0 Å². The summed E-state index contributed by atoms with van der Waals surface area (Å²) in [4.78, 5) is 6.60. The lowest BCUT2D eigenvalue weighted by atomic mass is 10.2. The molecule has 6 heteroatoms. The molecule has 0 saturated heterocycles. The number of rotatable bonds is 9. The third-order valence-electron chi connectivity index (χ3n) is 3.08. The van der Waals surface area contributed by atoms with Crippen LogP contribution in [-0.2, 0) is 16.0 Å². The van der Waals surface area contributed by atoms with Gasteiger partial charge in [0.1, 0.15) is 0 Å². The number of hydrogen-bond donors (Lipinski definition) is 0. The van der Waals surface area contributed by atoms with Gasteiger partial charge in [-0.2, -0.15) is 4.98 Å². The molecule has 0 saturated carbocycles. The first-order chi connectivity index (χ1) is 10.3. The van der Waals surface area contributed by atoms with Crippen molar-refractivity contribution in [3.8, 4) is 11.4 Å². The van der Waals surface area contributed by atoms with Crippen LogP contribution in [0, 0.1) is 0 Å². The first-order valence-corrected chi connectivity index (χ1v) is 6.91. The predicted molar refractivity (Wildman–Crippen MR) is 78.8 cm³/mol. The van der Waals surface area contributed by atoms with Gasteiger partial charge in [-0.05, 0) is 0 Å². The Balaban J connectivity index is 1.98. The fourth-order valence-electron chi connectivity index (χ4n) is 1.93. The quantitative estimate of drug-likeness (QED) is 0.702. The molecule has 114 valence electrons. The van der Waals surface area contributed by atoms with Crippen molar-refractivity contribution in [1.82, 2.24) is 15.0 Å². The number of ether oxygens (including phenoxy) is 2. The van der Waals surface area contributed by atoms with Crippen LogP contribution < -0.4 is 0 Å². The molecule has 0 fully saturated rings. The van der Waals surface area contributed by atoms with Crippen molar-refractivity contribution >= 4 is 0 Å². The maximum absolute atomic E-state index is 5.33. The topological polar surface area (TPSA) is 60.6 Å². The van der Waals surface area contributed by atoms with Gasteiger partial charge in [-0.15, -0.1) is 0 Å². The van der Waals surface area contributed by atoms with E-state index < -0.39 is 0 Å². The molecule has 1 heterocycles. The van der Waals surface area contributed by atoms with E-state index in [4.69, 9.17) is 14.0 Å². The van der Waals surface area contributed by atoms with Gasteiger partial charge in [0, 0.05) is 32.9 Å². The van der Waals surface area contributed by atoms with E-state index >= 15 is 0 Å².